The number of rotatable bonds is 3. The molecule has 2 aliphatic heterocycles. The number of fused-ring (bicyclic) bond motifs is 4. The lowest BCUT2D eigenvalue weighted by atomic mass is 10.1. The van der Waals surface area contributed by atoms with Crippen molar-refractivity contribution >= 4 is 5.97 Å². The molecule has 5 heteroatoms. The fraction of sp³-hybridized carbons (Fsp3) is 0.900. The maximum Gasteiger partial charge on any atom is 0.331 e. The zero-order valence-electron chi connectivity index (χ0n) is 8.55. The molecule has 0 aromatic rings. The molecule has 0 unspecified atom stereocenters. The van der Waals surface area contributed by atoms with Crippen molar-refractivity contribution in [3.63, 3.8) is 0 Å². The highest BCUT2D eigenvalue weighted by atomic mass is 16.7. The number of ether oxygens (including phenoxy) is 4. The predicted octanol–water partition coefficient (Wildman–Crippen LogP) is -0.0642. The smallest absolute Gasteiger partial charge is 0.331 e. The molecule has 0 aromatic heterocycles. The summed E-state index contributed by atoms with van der Waals surface area (Å²) in [5, 5.41) is 0. The van der Waals surface area contributed by atoms with Crippen LogP contribution in [0.5, 0.6) is 0 Å². The maximum absolute atomic E-state index is 11.0. The summed E-state index contributed by atoms with van der Waals surface area (Å²) in [5.41, 5.74) is 0. The van der Waals surface area contributed by atoms with Gasteiger partial charge in [-0.3, -0.25) is 0 Å². The van der Waals surface area contributed by atoms with E-state index in [0.717, 1.165) is 6.42 Å². The summed E-state index contributed by atoms with van der Waals surface area (Å²) < 4.78 is 21.1. The third-order valence-corrected chi connectivity index (χ3v) is 3.41. The lowest BCUT2D eigenvalue weighted by Gasteiger charge is -2.26. The van der Waals surface area contributed by atoms with E-state index in [2.05, 4.69) is 4.74 Å². The first-order chi connectivity index (χ1) is 7.29. The molecule has 3 rings (SSSR count). The van der Waals surface area contributed by atoms with Gasteiger partial charge >= 0.3 is 5.97 Å². The van der Waals surface area contributed by atoms with Crippen LogP contribution < -0.4 is 0 Å². The third-order valence-electron chi connectivity index (χ3n) is 3.41. The van der Waals surface area contributed by atoms with Gasteiger partial charge in [0, 0.05) is 0 Å². The van der Waals surface area contributed by atoms with E-state index in [-0.39, 0.29) is 31.1 Å². The fourth-order valence-electron chi connectivity index (χ4n) is 2.51. The molecule has 0 amide bonds. The van der Waals surface area contributed by atoms with Gasteiger partial charge in [-0.25, -0.2) is 4.79 Å². The minimum absolute atomic E-state index is 0.0156. The maximum atomic E-state index is 11.0. The average Bonchev–Trinajstić information content (AvgIpc) is 2.93. The standard InChI is InChI=1S/C10H14O5/c1-12-8(11)4-13-9-6-2-5(6)7-3-14-10(9)15-7/h5-7,9-10H,2-4H2,1H3/t5-,6-,7-,9+,10+/m0/s1. The Morgan fingerprint density at radius 3 is 3.13 bits per heavy atom. The monoisotopic (exact) mass is 214 g/mol. The molecule has 5 atom stereocenters. The quantitative estimate of drug-likeness (QED) is 0.616. The van der Waals surface area contributed by atoms with Crippen LogP contribution >= 0.6 is 0 Å². The molecule has 3 aliphatic rings. The molecular weight excluding hydrogens is 200 g/mol. The van der Waals surface area contributed by atoms with Crippen LogP contribution in [0.2, 0.25) is 0 Å². The van der Waals surface area contributed by atoms with Crippen molar-refractivity contribution in [2.75, 3.05) is 20.3 Å². The third kappa shape index (κ3) is 1.55. The van der Waals surface area contributed by atoms with Crippen molar-refractivity contribution in [3.05, 3.63) is 0 Å². The van der Waals surface area contributed by atoms with Gasteiger partial charge < -0.3 is 18.9 Å². The summed E-state index contributed by atoms with van der Waals surface area (Å²) in [7, 11) is 1.35. The summed E-state index contributed by atoms with van der Waals surface area (Å²) >= 11 is 0. The van der Waals surface area contributed by atoms with Crippen LogP contribution in [0.15, 0.2) is 0 Å². The van der Waals surface area contributed by atoms with Gasteiger partial charge in [0.2, 0.25) is 0 Å². The first-order valence-corrected chi connectivity index (χ1v) is 5.25. The molecule has 2 heterocycles. The number of carbonyl (C=O) groups excluding carboxylic acids is 1. The van der Waals surface area contributed by atoms with Gasteiger partial charge in [-0.2, -0.15) is 0 Å². The number of esters is 1. The van der Waals surface area contributed by atoms with E-state index >= 15 is 0 Å². The van der Waals surface area contributed by atoms with Crippen molar-refractivity contribution in [3.8, 4) is 0 Å². The van der Waals surface area contributed by atoms with Crippen LogP contribution in [0, 0.1) is 11.8 Å². The second kappa shape index (κ2) is 3.43. The van der Waals surface area contributed by atoms with Gasteiger partial charge in [0.1, 0.15) is 12.7 Å². The number of carbonyl (C=O) groups is 1. The molecule has 0 N–H and O–H groups in total. The Morgan fingerprint density at radius 1 is 1.47 bits per heavy atom. The molecule has 0 radical (unpaired) electrons. The first kappa shape index (κ1) is 9.57. The molecule has 0 spiro atoms. The Morgan fingerprint density at radius 2 is 2.33 bits per heavy atom. The van der Waals surface area contributed by atoms with Gasteiger partial charge in [0.05, 0.1) is 19.8 Å². The second-order valence-corrected chi connectivity index (χ2v) is 4.29. The highest BCUT2D eigenvalue weighted by Gasteiger charge is 2.59. The fourth-order valence-corrected chi connectivity index (χ4v) is 2.51. The van der Waals surface area contributed by atoms with E-state index in [9.17, 15) is 4.79 Å². The SMILES string of the molecule is COC(=O)CO[C@H]1[C@@H]2OC[C@H](O2)[C@H]2C[C@@H]21. The zero-order valence-corrected chi connectivity index (χ0v) is 8.55. The number of hydrogen-bond acceptors (Lipinski definition) is 5. The minimum Gasteiger partial charge on any atom is -0.467 e. The van der Waals surface area contributed by atoms with Crippen LogP contribution in [0.4, 0.5) is 0 Å². The number of methoxy groups -OCH3 is 1. The van der Waals surface area contributed by atoms with Gasteiger partial charge in [-0.1, -0.05) is 0 Å². The largest absolute Gasteiger partial charge is 0.467 e. The van der Waals surface area contributed by atoms with Crippen LogP contribution in [0.1, 0.15) is 6.42 Å². The second-order valence-electron chi connectivity index (χ2n) is 4.29. The lowest BCUT2D eigenvalue weighted by Crippen LogP contribution is -2.38. The predicted molar refractivity (Wildman–Crippen MR) is 48.0 cm³/mol. The molecule has 5 nitrogen and oxygen atoms in total. The van der Waals surface area contributed by atoms with Gasteiger partial charge in [0.15, 0.2) is 6.29 Å². The molecule has 2 saturated heterocycles. The first-order valence-electron chi connectivity index (χ1n) is 5.25. The molecule has 15 heavy (non-hydrogen) atoms. The van der Waals surface area contributed by atoms with E-state index in [0.29, 0.717) is 18.4 Å². The van der Waals surface area contributed by atoms with E-state index in [1.54, 1.807) is 0 Å². The van der Waals surface area contributed by atoms with Crippen molar-refractivity contribution in [1.29, 1.82) is 0 Å². The molecular formula is C10H14O5. The normalized spacial score (nSPS) is 46.1. The van der Waals surface area contributed by atoms with Gasteiger partial charge in [0.25, 0.3) is 0 Å². The van der Waals surface area contributed by atoms with E-state index in [1.807, 2.05) is 0 Å². The van der Waals surface area contributed by atoms with Crippen LogP contribution in [0.3, 0.4) is 0 Å². The van der Waals surface area contributed by atoms with Crippen LogP contribution in [0.25, 0.3) is 0 Å². The van der Waals surface area contributed by atoms with E-state index < -0.39 is 0 Å². The summed E-state index contributed by atoms with van der Waals surface area (Å²) in [6.45, 7) is 0.655. The summed E-state index contributed by atoms with van der Waals surface area (Å²) in [6, 6.07) is 0. The highest BCUT2D eigenvalue weighted by Crippen LogP contribution is 2.53. The lowest BCUT2D eigenvalue weighted by molar-refractivity contribution is -0.186. The van der Waals surface area contributed by atoms with Crippen molar-refractivity contribution in [2.24, 2.45) is 11.8 Å². The summed E-state index contributed by atoms with van der Waals surface area (Å²) in [4.78, 5) is 11.0. The molecule has 1 saturated carbocycles. The Labute approximate surface area is 87.6 Å². The zero-order chi connectivity index (χ0) is 10.4. The van der Waals surface area contributed by atoms with Crippen molar-refractivity contribution < 1.29 is 23.7 Å². The van der Waals surface area contributed by atoms with Gasteiger partial charge in [-0.15, -0.1) is 0 Å². The van der Waals surface area contributed by atoms with Crippen molar-refractivity contribution in [1.82, 2.24) is 0 Å². The number of hydrogen-bond donors (Lipinski definition) is 0. The summed E-state index contributed by atoms with van der Waals surface area (Å²) in [6.07, 6.45) is 1.03. The molecule has 2 bridgehead atoms. The van der Waals surface area contributed by atoms with Crippen molar-refractivity contribution in [2.45, 2.75) is 24.9 Å². The van der Waals surface area contributed by atoms with Gasteiger partial charge in [-0.05, 0) is 18.3 Å². The summed E-state index contributed by atoms with van der Waals surface area (Å²) in [5.74, 6) is 0.736. The molecule has 0 aromatic carbocycles. The molecule has 3 fully saturated rings. The van der Waals surface area contributed by atoms with Crippen LogP contribution in [-0.2, 0) is 23.7 Å². The Kier molecular flexibility index (Phi) is 2.19. The Bertz CT molecular complexity index is 279. The Hall–Kier alpha value is -0.650. The average molecular weight is 214 g/mol. The highest BCUT2D eigenvalue weighted by molar-refractivity contribution is 5.70. The van der Waals surface area contributed by atoms with E-state index in [1.165, 1.54) is 7.11 Å². The Balaban J connectivity index is 1.59. The van der Waals surface area contributed by atoms with E-state index in [4.69, 9.17) is 14.2 Å². The van der Waals surface area contributed by atoms with Crippen LogP contribution in [-0.4, -0.2) is 44.8 Å². The minimum atomic E-state index is -0.354. The molecule has 1 aliphatic carbocycles. The molecule has 84 valence electrons. The topological polar surface area (TPSA) is 54.0 Å².